The quantitative estimate of drug-likeness (QED) is 0.847. The number of aliphatic hydroxyl groups is 1. The second-order valence-corrected chi connectivity index (χ2v) is 6.81. The van der Waals surface area contributed by atoms with Gasteiger partial charge in [-0.15, -0.1) is 0 Å². The molecule has 2 aliphatic rings. The molecule has 4 rings (SSSR count). The summed E-state index contributed by atoms with van der Waals surface area (Å²) in [5, 5.41) is 9.34. The second kappa shape index (κ2) is 5.12. The Bertz CT molecular complexity index is 731. The van der Waals surface area contributed by atoms with Crippen LogP contribution in [0.25, 0.3) is 11.2 Å². The number of imidazole rings is 1. The third-order valence-corrected chi connectivity index (χ3v) is 4.66. The van der Waals surface area contributed by atoms with Gasteiger partial charge in [-0.2, -0.15) is 0 Å². The highest BCUT2D eigenvalue weighted by Crippen LogP contribution is 2.48. The van der Waals surface area contributed by atoms with Gasteiger partial charge < -0.3 is 24.9 Å². The third-order valence-electron chi connectivity index (χ3n) is 4.66. The molecular weight excluding hydrogens is 298 g/mol. The Kier molecular flexibility index (Phi) is 3.29. The van der Waals surface area contributed by atoms with Gasteiger partial charge in [-0.1, -0.05) is 0 Å². The van der Waals surface area contributed by atoms with Crippen LogP contribution in [0.4, 0.5) is 5.82 Å². The van der Waals surface area contributed by atoms with E-state index < -0.39 is 5.79 Å². The van der Waals surface area contributed by atoms with E-state index in [2.05, 4.69) is 15.0 Å². The van der Waals surface area contributed by atoms with E-state index in [1.807, 2.05) is 18.4 Å². The summed E-state index contributed by atoms with van der Waals surface area (Å²) in [5.41, 5.74) is 7.12. The van der Waals surface area contributed by atoms with E-state index in [1.54, 1.807) is 6.33 Å². The zero-order valence-electron chi connectivity index (χ0n) is 13.2. The Morgan fingerprint density at radius 1 is 1.35 bits per heavy atom. The first-order valence-electron chi connectivity index (χ1n) is 7.86. The number of nitrogens with two attached hydrogens (primary N) is 1. The zero-order chi connectivity index (χ0) is 16.2. The Morgan fingerprint density at radius 3 is 2.91 bits per heavy atom. The number of hydrogen-bond acceptors (Lipinski definition) is 7. The van der Waals surface area contributed by atoms with E-state index >= 15 is 0 Å². The summed E-state index contributed by atoms with van der Waals surface area (Å²) in [5.74, 6) is 0.415. The molecule has 0 aromatic carbocycles. The Morgan fingerprint density at radius 2 is 2.17 bits per heavy atom. The van der Waals surface area contributed by atoms with Gasteiger partial charge >= 0.3 is 0 Å². The summed E-state index contributed by atoms with van der Waals surface area (Å²) in [6.07, 6.45) is 3.99. The average Bonchev–Trinajstić information content (AvgIpc) is 3.08. The molecule has 0 radical (unpaired) electrons. The highest BCUT2D eigenvalue weighted by Gasteiger charge is 2.53. The van der Waals surface area contributed by atoms with Gasteiger partial charge in [0.1, 0.15) is 17.9 Å². The number of aliphatic hydroxyl groups excluding tert-OH is 1. The smallest absolute Gasteiger partial charge is 0.165 e. The molecular formula is C15H21N5O3. The number of rotatable bonds is 4. The van der Waals surface area contributed by atoms with Crippen LogP contribution in [0.1, 0.15) is 20.3 Å². The molecule has 0 bridgehead atoms. The average molecular weight is 319 g/mol. The first-order chi connectivity index (χ1) is 11.0. The minimum absolute atomic E-state index is 0.0289. The first kappa shape index (κ1) is 14.8. The van der Waals surface area contributed by atoms with E-state index in [9.17, 15) is 5.11 Å². The largest absolute Gasteiger partial charge is 0.396 e. The van der Waals surface area contributed by atoms with Crippen molar-refractivity contribution in [2.45, 2.75) is 44.8 Å². The van der Waals surface area contributed by atoms with Crippen molar-refractivity contribution in [3.05, 3.63) is 12.7 Å². The number of anilines is 1. The molecule has 3 heterocycles. The molecule has 124 valence electrons. The zero-order valence-corrected chi connectivity index (χ0v) is 13.2. The molecule has 1 saturated heterocycles. The van der Waals surface area contributed by atoms with Crippen LogP contribution in [0.3, 0.4) is 0 Å². The first-order valence-corrected chi connectivity index (χ1v) is 7.86. The lowest BCUT2D eigenvalue weighted by atomic mass is 10.1. The fourth-order valence-electron chi connectivity index (χ4n) is 3.48. The standard InChI is InChI=1S/C15H21N5O3/c1-15(2)22-10(12(23-15)9-3-8(9)5-21)4-20-7-19-11-13(16)17-6-18-14(11)20/h6-10,12,21H,3-5H2,1-2H3,(H2,16,17,18)/t8?,9?,10-,12?/m1/s1. The molecule has 1 saturated carbocycles. The number of aromatic nitrogens is 4. The SMILES string of the molecule is CC1(C)OC(C2CC2CO)[C@@H](Cn2cnc3c(N)ncnc32)O1. The van der Waals surface area contributed by atoms with Gasteiger partial charge in [-0.25, -0.2) is 15.0 Å². The van der Waals surface area contributed by atoms with Crippen LogP contribution in [-0.4, -0.2) is 49.2 Å². The molecule has 3 N–H and O–H groups in total. The Labute approximate surface area is 133 Å². The van der Waals surface area contributed by atoms with Gasteiger partial charge in [0.15, 0.2) is 17.3 Å². The van der Waals surface area contributed by atoms with E-state index in [0.29, 0.717) is 35.4 Å². The highest BCUT2D eigenvalue weighted by atomic mass is 16.8. The summed E-state index contributed by atoms with van der Waals surface area (Å²) in [6, 6.07) is 0. The van der Waals surface area contributed by atoms with Crippen molar-refractivity contribution in [3.63, 3.8) is 0 Å². The van der Waals surface area contributed by atoms with Crippen molar-refractivity contribution in [1.29, 1.82) is 0 Å². The topological polar surface area (TPSA) is 108 Å². The Balaban J connectivity index is 1.59. The molecule has 0 amide bonds. The summed E-state index contributed by atoms with van der Waals surface area (Å²) < 4.78 is 14.1. The minimum atomic E-state index is -0.623. The predicted molar refractivity (Wildman–Crippen MR) is 82.2 cm³/mol. The van der Waals surface area contributed by atoms with Gasteiger partial charge in [0.25, 0.3) is 0 Å². The number of ether oxygens (including phenoxy) is 2. The summed E-state index contributed by atoms with van der Waals surface area (Å²) in [6.45, 7) is 4.62. The lowest BCUT2D eigenvalue weighted by molar-refractivity contribution is -0.149. The van der Waals surface area contributed by atoms with Crippen LogP contribution < -0.4 is 5.73 Å². The van der Waals surface area contributed by atoms with Gasteiger partial charge in [0, 0.05) is 6.61 Å². The van der Waals surface area contributed by atoms with E-state index in [1.165, 1.54) is 6.33 Å². The molecule has 23 heavy (non-hydrogen) atoms. The minimum Gasteiger partial charge on any atom is -0.396 e. The fraction of sp³-hybridized carbons (Fsp3) is 0.667. The van der Waals surface area contributed by atoms with E-state index in [0.717, 1.165) is 6.42 Å². The predicted octanol–water partition coefficient (Wildman–Crippen LogP) is 0.557. The maximum atomic E-state index is 9.34. The monoisotopic (exact) mass is 319 g/mol. The van der Waals surface area contributed by atoms with Gasteiger partial charge in [0.2, 0.25) is 0 Å². The van der Waals surface area contributed by atoms with Crippen LogP contribution in [0.2, 0.25) is 0 Å². The van der Waals surface area contributed by atoms with E-state index in [-0.39, 0.29) is 18.8 Å². The van der Waals surface area contributed by atoms with Crippen molar-refractivity contribution >= 4 is 17.0 Å². The molecule has 1 aliphatic carbocycles. The van der Waals surface area contributed by atoms with Crippen LogP contribution in [0.5, 0.6) is 0 Å². The van der Waals surface area contributed by atoms with Crippen LogP contribution in [0, 0.1) is 11.8 Å². The molecule has 8 heteroatoms. The normalized spacial score (nSPS) is 32.5. The van der Waals surface area contributed by atoms with Crippen molar-refractivity contribution in [2.75, 3.05) is 12.3 Å². The number of fused-ring (bicyclic) bond motifs is 1. The lowest BCUT2D eigenvalue weighted by Crippen LogP contribution is -2.30. The molecule has 1 aliphatic heterocycles. The van der Waals surface area contributed by atoms with Crippen molar-refractivity contribution < 1.29 is 14.6 Å². The maximum Gasteiger partial charge on any atom is 0.165 e. The van der Waals surface area contributed by atoms with Gasteiger partial charge in [-0.3, -0.25) is 0 Å². The maximum absolute atomic E-state index is 9.34. The molecule has 4 atom stereocenters. The number of hydrogen-bond donors (Lipinski definition) is 2. The fourth-order valence-corrected chi connectivity index (χ4v) is 3.48. The van der Waals surface area contributed by atoms with Gasteiger partial charge in [-0.05, 0) is 32.1 Å². The second-order valence-electron chi connectivity index (χ2n) is 6.81. The molecule has 0 spiro atoms. The lowest BCUT2D eigenvalue weighted by Gasteiger charge is -2.17. The summed E-state index contributed by atoms with van der Waals surface area (Å²) in [7, 11) is 0. The molecule has 2 aromatic rings. The molecule has 2 fully saturated rings. The summed E-state index contributed by atoms with van der Waals surface area (Å²) >= 11 is 0. The van der Waals surface area contributed by atoms with Crippen LogP contribution in [-0.2, 0) is 16.0 Å². The van der Waals surface area contributed by atoms with Crippen LogP contribution >= 0.6 is 0 Å². The van der Waals surface area contributed by atoms with E-state index in [4.69, 9.17) is 15.2 Å². The van der Waals surface area contributed by atoms with Gasteiger partial charge in [0.05, 0.1) is 19.0 Å². The number of nitrogens with zero attached hydrogens (tertiary/aromatic N) is 4. The van der Waals surface area contributed by atoms with Crippen molar-refractivity contribution in [3.8, 4) is 0 Å². The highest BCUT2D eigenvalue weighted by molar-refractivity contribution is 5.81. The third kappa shape index (κ3) is 2.56. The molecule has 2 aromatic heterocycles. The molecule has 8 nitrogen and oxygen atoms in total. The number of nitrogen functional groups attached to an aromatic ring is 1. The van der Waals surface area contributed by atoms with Crippen molar-refractivity contribution in [1.82, 2.24) is 19.5 Å². The van der Waals surface area contributed by atoms with Crippen LogP contribution in [0.15, 0.2) is 12.7 Å². The molecule has 3 unspecified atom stereocenters. The Hall–Kier alpha value is -1.77. The summed E-state index contributed by atoms with van der Waals surface area (Å²) in [4.78, 5) is 12.5. The van der Waals surface area contributed by atoms with Crippen molar-refractivity contribution in [2.24, 2.45) is 11.8 Å².